The second kappa shape index (κ2) is 4.89. The Morgan fingerprint density at radius 3 is 3.29 bits per heavy atom. The van der Waals surface area contributed by atoms with Gasteiger partial charge in [-0.15, -0.1) is 11.3 Å². The first-order valence-corrected chi connectivity index (χ1v) is 5.84. The maximum absolute atomic E-state index is 6.09. The molecule has 2 heterocycles. The monoisotopic (exact) mass is 212 g/mol. The van der Waals surface area contributed by atoms with Crippen molar-refractivity contribution < 1.29 is 4.74 Å². The van der Waals surface area contributed by atoms with Crippen LogP contribution in [0, 0.1) is 0 Å². The normalized spacial score (nSPS) is 24.8. The number of nitrogens with two attached hydrogens (primary N) is 1. The lowest BCUT2D eigenvalue weighted by Gasteiger charge is -2.25. The number of rotatable bonds is 3. The van der Waals surface area contributed by atoms with Crippen LogP contribution in [-0.2, 0) is 4.74 Å². The van der Waals surface area contributed by atoms with E-state index >= 15 is 0 Å². The van der Waals surface area contributed by atoms with Crippen molar-refractivity contribution in [3.05, 3.63) is 22.4 Å². The van der Waals surface area contributed by atoms with E-state index in [1.165, 1.54) is 4.88 Å². The second-order valence-electron chi connectivity index (χ2n) is 3.58. The zero-order valence-corrected chi connectivity index (χ0v) is 8.93. The van der Waals surface area contributed by atoms with Crippen molar-refractivity contribution in [3.8, 4) is 0 Å². The first-order valence-electron chi connectivity index (χ1n) is 4.96. The average molecular weight is 212 g/mol. The fourth-order valence-corrected chi connectivity index (χ4v) is 2.44. The predicted molar refractivity (Wildman–Crippen MR) is 58.5 cm³/mol. The summed E-state index contributed by atoms with van der Waals surface area (Å²) in [5, 5.41) is 5.48. The molecule has 1 aromatic rings. The molecule has 2 unspecified atom stereocenters. The molecule has 1 aliphatic heterocycles. The van der Waals surface area contributed by atoms with Crippen molar-refractivity contribution in [2.45, 2.75) is 18.5 Å². The Labute approximate surface area is 88.3 Å². The van der Waals surface area contributed by atoms with Gasteiger partial charge in [0.2, 0.25) is 0 Å². The highest BCUT2D eigenvalue weighted by Crippen LogP contribution is 2.21. The largest absolute Gasteiger partial charge is 0.379 e. The van der Waals surface area contributed by atoms with E-state index in [0.29, 0.717) is 6.04 Å². The molecule has 0 aliphatic carbocycles. The van der Waals surface area contributed by atoms with Gasteiger partial charge in [-0.05, 0) is 17.9 Å². The van der Waals surface area contributed by atoms with E-state index in [1.54, 1.807) is 11.3 Å². The van der Waals surface area contributed by atoms with Crippen LogP contribution in [0.3, 0.4) is 0 Å². The maximum atomic E-state index is 6.09. The van der Waals surface area contributed by atoms with Crippen LogP contribution in [-0.4, -0.2) is 25.8 Å². The molecule has 3 N–H and O–H groups in total. The Morgan fingerprint density at radius 1 is 1.71 bits per heavy atom. The van der Waals surface area contributed by atoms with E-state index in [1.807, 2.05) is 6.07 Å². The summed E-state index contributed by atoms with van der Waals surface area (Å²) >= 11 is 1.73. The van der Waals surface area contributed by atoms with Crippen LogP contribution in [0.2, 0.25) is 0 Å². The smallest absolute Gasteiger partial charge is 0.0620 e. The molecule has 4 heteroatoms. The third-order valence-corrected chi connectivity index (χ3v) is 3.45. The van der Waals surface area contributed by atoms with Gasteiger partial charge >= 0.3 is 0 Å². The van der Waals surface area contributed by atoms with Crippen LogP contribution < -0.4 is 11.1 Å². The van der Waals surface area contributed by atoms with Crippen LogP contribution in [0.25, 0.3) is 0 Å². The van der Waals surface area contributed by atoms with Gasteiger partial charge in [0.05, 0.1) is 13.2 Å². The number of morpholine rings is 1. The van der Waals surface area contributed by atoms with Crippen molar-refractivity contribution in [1.82, 2.24) is 5.32 Å². The van der Waals surface area contributed by atoms with E-state index in [2.05, 4.69) is 16.8 Å². The van der Waals surface area contributed by atoms with Gasteiger partial charge < -0.3 is 15.8 Å². The van der Waals surface area contributed by atoms with Gasteiger partial charge in [0, 0.05) is 23.5 Å². The van der Waals surface area contributed by atoms with Crippen LogP contribution in [0.15, 0.2) is 17.5 Å². The van der Waals surface area contributed by atoms with E-state index < -0.39 is 0 Å². The van der Waals surface area contributed by atoms with Crippen molar-refractivity contribution in [2.24, 2.45) is 5.73 Å². The van der Waals surface area contributed by atoms with Crippen LogP contribution in [0.4, 0.5) is 0 Å². The zero-order valence-electron chi connectivity index (χ0n) is 8.11. The molecular formula is C10H16N2OS. The van der Waals surface area contributed by atoms with Gasteiger partial charge in [0.1, 0.15) is 0 Å². The van der Waals surface area contributed by atoms with Crippen molar-refractivity contribution >= 4 is 11.3 Å². The van der Waals surface area contributed by atoms with Gasteiger partial charge in [-0.1, -0.05) is 6.07 Å². The fourth-order valence-electron chi connectivity index (χ4n) is 1.70. The number of hydrogen-bond donors (Lipinski definition) is 2. The molecule has 2 rings (SSSR count). The average Bonchev–Trinajstić information content (AvgIpc) is 2.72. The molecule has 0 aromatic carbocycles. The first-order chi connectivity index (χ1) is 6.86. The zero-order chi connectivity index (χ0) is 9.80. The van der Waals surface area contributed by atoms with E-state index in [4.69, 9.17) is 10.5 Å². The van der Waals surface area contributed by atoms with Crippen molar-refractivity contribution in [2.75, 3.05) is 19.8 Å². The molecule has 0 spiro atoms. The molecular weight excluding hydrogens is 196 g/mol. The van der Waals surface area contributed by atoms with Crippen LogP contribution >= 0.6 is 11.3 Å². The highest BCUT2D eigenvalue weighted by atomic mass is 32.1. The summed E-state index contributed by atoms with van der Waals surface area (Å²) < 4.78 is 5.39. The Hall–Kier alpha value is -0.420. The topological polar surface area (TPSA) is 47.3 Å². The summed E-state index contributed by atoms with van der Waals surface area (Å²) in [5.74, 6) is 0. The van der Waals surface area contributed by atoms with Crippen LogP contribution in [0.1, 0.15) is 17.3 Å². The molecule has 0 saturated carbocycles. The number of ether oxygens (including phenoxy) is 1. The molecule has 14 heavy (non-hydrogen) atoms. The fraction of sp³-hybridized carbons (Fsp3) is 0.600. The summed E-state index contributed by atoms with van der Waals surface area (Å²) in [6.07, 6.45) is 0.959. The number of hydrogen-bond acceptors (Lipinski definition) is 4. The summed E-state index contributed by atoms with van der Waals surface area (Å²) in [6.45, 7) is 2.56. The lowest BCUT2D eigenvalue weighted by atomic mass is 10.1. The molecule has 0 bridgehead atoms. The minimum atomic E-state index is 0.147. The minimum absolute atomic E-state index is 0.147. The van der Waals surface area contributed by atoms with Crippen LogP contribution in [0.5, 0.6) is 0 Å². The molecule has 78 valence electrons. The Balaban J connectivity index is 1.84. The van der Waals surface area contributed by atoms with E-state index in [0.717, 1.165) is 26.2 Å². The molecule has 0 amide bonds. The summed E-state index contributed by atoms with van der Waals surface area (Å²) in [7, 11) is 0. The molecule has 1 aliphatic rings. The Morgan fingerprint density at radius 2 is 2.64 bits per heavy atom. The quantitative estimate of drug-likeness (QED) is 0.789. The van der Waals surface area contributed by atoms with Gasteiger partial charge in [-0.25, -0.2) is 0 Å². The number of nitrogens with one attached hydrogen (secondary N) is 1. The van der Waals surface area contributed by atoms with E-state index in [9.17, 15) is 0 Å². The highest BCUT2D eigenvalue weighted by Gasteiger charge is 2.17. The lowest BCUT2D eigenvalue weighted by Crippen LogP contribution is -2.42. The predicted octanol–water partition coefficient (Wildman–Crippen LogP) is 1.13. The third kappa shape index (κ3) is 2.54. The van der Waals surface area contributed by atoms with E-state index in [-0.39, 0.29) is 6.04 Å². The maximum Gasteiger partial charge on any atom is 0.0620 e. The lowest BCUT2D eigenvalue weighted by molar-refractivity contribution is 0.0721. The van der Waals surface area contributed by atoms with Gasteiger partial charge in [0.25, 0.3) is 0 Å². The second-order valence-corrected chi connectivity index (χ2v) is 4.56. The Kier molecular flexibility index (Phi) is 3.53. The summed E-state index contributed by atoms with van der Waals surface area (Å²) in [4.78, 5) is 1.26. The Bertz CT molecular complexity index is 257. The summed E-state index contributed by atoms with van der Waals surface area (Å²) in [6, 6.07) is 4.71. The first kappa shape index (κ1) is 10.1. The third-order valence-electron chi connectivity index (χ3n) is 2.45. The molecule has 3 nitrogen and oxygen atoms in total. The van der Waals surface area contributed by atoms with Crippen molar-refractivity contribution in [1.29, 1.82) is 0 Å². The van der Waals surface area contributed by atoms with Gasteiger partial charge in [0.15, 0.2) is 0 Å². The number of thiophene rings is 1. The highest BCUT2D eigenvalue weighted by molar-refractivity contribution is 7.10. The minimum Gasteiger partial charge on any atom is -0.379 e. The molecule has 0 radical (unpaired) electrons. The molecule has 1 fully saturated rings. The van der Waals surface area contributed by atoms with Gasteiger partial charge in [-0.2, -0.15) is 0 Å². The molecule has 1 aromatic heterocycles. The van der Waals surface area contributed by atoms with Gasteiger partial charge in [-0.3, -0.25) is 0 Å². The van der Waals surface area contributed by atoms with Crippen molar-refractivity contribution in [3.63, 3.8) is 0 Å². The summed E-state index contributed by atoms with van der Waals surface area (Å²) in [5.41, 5.74) is 6.09. The standard InChI is InChI=1S/C10H16N2OS/c11-9(10-2-1-5-14-10)6-8-7-13-4-3-12-8/h1-2,5,8-9,12H,3-4,6-7,11H2. The SMILES string of the molecule is NC(CC1COCCN1)c1cccs1. The molecule has 2 atom stereocenters. The molecule has 1 saturated heterocycles.